The second-order valence-electron chi connectivity index (χ2n) is 10.8. The van der Waals surface area contributed by atoms with E-state index in [0.717, 1.165) is 6.07 Å². The molecule has 11 heteroatoms. The van der Waals surface area contributed by atoms with Crippen molar-refractivity contribution >= 4 is 23.4 Å². The van der Waals surface area contributed by atoms with Crippen LogP contribution in [-0.2, 0) is 15.7 Å². The molecule has 0 aromatic heterocycles. The van der Waals surface area contributed by atoms with Crippen molar-refractivity contribution in [3.05, 3.63) is 93.6 Å². The molecule has 2 amide bonds. The number of carbonyl (C=O) groups excluding carboxylic acids is 2. The third-order valence-electron chi connectivity index (χ3n) is 7.84. The number of carbonyl (C=O) groups is 2. The van der Waals surface area contributed by atoms with Crippen LogP contribution in [0.3, 0.4) is 0 Å². The van der Waals surface area contributed by atoms with Crippen molar-refractivity contribution < 1.29 is 32.2 Å². The number of hydrogen-bond donors (Lipinski definition) is 1. The monoisotopic (exact) mass is 588 g/mol. The van der Waals surface area contributed by atoms with Gasteiger partial charge in [-0.15, -0.1) is 16.5 Å². The molecule has 2 fully saturated rings. The Labute approximate surface area is 239 Å². The minimum absolute atomic E-state index is 0.0568. The summed E-state index contributed by atoms with van der Waals surface area (Å²) in [6.07, 6.45) is 0.543. The molecule has 216 valence electrons. The normalized spacial score (nSPS) is 27.5. The summed E-state index contributed by atoms with van der Waals surface area (Å²) < 4.78 is 51.1. The maximum absolute atomic E-state index is 13.1. The molecule has 7 nitrogen and oxygen atoms in total. The summed E-state index contributed by atoms with van der Waals surface area (Å²) in [6, 6.07) is 11.8. The van der Waals surface area contributed by atoms with E-state index in [1.165, 1.54) is 12.1 Å². The van der Waals surface area contributed by atoms with E-state index in [4.69, 9.17) is 21.1 Å². The lowest BCUT2D eigenvalue weighted by molar-refractivity contribution is -0.137. The van der Waals surface area contributed by atoms with Crippen LogP contribution in [-0.4, -0.2) is 35.4 Å². The number of nitrogens with one attached hydrogen (secondary N) is 1. The number of allylic oxidation sites excluding steroid dienone is 1. The van der Waals surface area contributed by atoms with Gasteiger partial charge in [-0.3, -0.25) is 9.59 Å². The molecule has 5 unspecified atom stereocenters. The van der Waals surface area contributed by atoms with Gasteiger partial charge >= 0.3 is 6.18 Å². The first-order valence-electron chi connectivity index (χ1n) is 13.3. The number of fused-ring (bicyclic) bond motifs is 1. The summed E-state index contributed by atoms with van der Waals surface area (Å²) in [5, 5.41) is 5.55. The number of halogens is 4. The van der Waals surface area contributed by atoms with Crippen LogP contribution in [0.2, 0.25) is 0 Å². The third kappa shape index (κ3) is 6.32. The van der Waals surface area contributed by atoms with Crippen molar-refractivity contribution in [3.63, 3.8) is 0 Å². The summed E-state index contributed by atoms with van der Waals surface area (Å²) in [4.78, 5) is 34.6. The number of rotatable bonds is 6. The molecule has 0 bridgehead atoms. The smallest absolute Gasteiger partial charge is 0.416 e. The molecule has 0 radical (unpaired) electrons. The van der Waals surface area contributed by atoms with E-state index >= 15 is 0 Å². The first kappa shape index (κ1) is 28.9. The van der Waals surface area contributed by atoms with Crippen molar-refractivity contribution in [1.82, 2.24) is 5.32 Å². The number of nitrogens with zero attached hydrogens (tertiary/aromatic N) is 1. The molecule has 5 atom stereocenters. The van der Waals surface area contributed by atoms with E-state index in [1.807, 2.05) is 0 Å². The van der Waals surface area contributed by atoms with Gasteiger partial charge in [0.2, 0.25) is 0 Å². The van der Waals surface area contributed by atoms with Crippen LogP contribution in [0.1, 0.15) is 60.0 Å². The fourth-order valence-electron chi connectivity index (χ4n) is 5.65. The van der Waals surface area contributed by atoms with E-state index in [0.29, 0.717) is 53.9 Å². The number of nitroso groups, excluding NO2 is 1. The molecule has 1 aliphatic heterocycles. The van der Waals surface area contributed by atoms with Crippen LogP contribution < -0.4 is 10.1 Å². The maximum Gasteiger partial charge on any atom is 0.416 e. The molecule has 2 aromatic rings. The standard InChI is InChI=1S/C30H28ClF3N2O5/c1-29(31)16-24-23(28(38)36-39)11-12-40-25(24)15-26(29)41-22-9-6-17(7-10-22)27(37)35-21-8-5-19(14-21)18-3-2-4-20(13-18)30(32,33)34/h2-4,6-7,9-10,13,15-16,19,21,23,26H,5,8,11-12,14H2,1H3,(H,35,37). The molecule has 2 aromatic carbocycles. The van der Waals surface area contributed by atoms with Crippen molar-refractivity contribution in [2.75, 3.05) is 6.61 Å². The van der Waals surface area contributed by atoms with Gasteiger partial charge in [-0.05, 0) is 74.4 Å². The summed E-state index contributed by atoms with van der Waals surface area (Å²) in [6.45, 7) is 1.98. The van der Waals surface area contributed by atoms with E-state index in [9.17, 15) is 27.7 Å². The second-order valence-corrected chi connectivity index (χ2v) is 11.6. The minimum Gasteiger partial charge on any atom is -0.493 e. The molecule has 3 aliphatic rings. The first-order chi connectivity index (χ1) is 19.4. The highest BCUT2D eigenvalue weighted by molar-refractivity contribution is 6.26. The highest BCUT2D eigenvalue weighted by Gasteiger charge is 2.42. The SMILES string of the molecule is CC1(Cl)C=C2C(=CC1Oc1ccc(C(=O)NC3CCC(c4cccc(C(F)(F)F)c4)C3)cc1)OCCC2C(=O)N=O. The molecule has 0 spiro atoms. The minimum atomic E-state index is -4.39. The molecule has 5 rings (SSSR count). The fraction of sp³-hybridized carbons (Fsp3) is 0.400. The van der Waals surface area contributed by atoms with Crippen LogP contribution >= 0.6 is 11.6 Å². The van der Waals surface area contributed by atoms with Crippen molar-refractivity contribution in [2.24, 2.45) is 11.1 Å². The maximum atomic E-state index is 13.1. The molecule has 1 heterocycles. The average molecular weight is 589 g/mol. The van der Waals surface area contributed by atoms with E-state index < -0.39 is 34.5 Å². The van der Waals surface area contributed by atoms with Gasteiger partial charge in [-0.2, -0.15) is 13.2 Å². The first-order valence-corrected chi connectivity index (χ1v) is 13.7. The molecule has 1 N–H and O–H groups in total. The van der Waals surface area contributed by atoms with Crippen LogP contribution in [0.15, 0.2) is 77.2 Å². The summed E-state index contributed by atoms with van der Waals surface area (Å²) in [5.41, 5.74) is 0.898. The van der Waals surface area contributed by atoms with Crippen molar-refractivity contribution in [1.29, 1.82) is 0 Å². The quantitative estimate of drug-likeness (QED) is 0.300. The lowest BCUT2D eigenvalue weighted by Gasteiger charge is -2.36. The summed E-state index contributed by atoms with van der Waals surface area (Å²) in [7, 11) is 0. The molecule has 1 saturated heterocycles. The zero-order valence-corrected chi connectivity index (χ0v) is 22.9. The molecule has 41 heavy (non-hydrogen) atoms. The highest BCUT2D eigenvalue weighted by atomic mass is 35.5. The Morgan fingerprint density at radius 3 is 2.59 bits per heavy atom. The lowest BCUT2D eigenvalue weighted by atomic mass is 9.83. The Morgan fingerprint density at radius 2 is 1.88 bits per heavy atom. The summed E-state index contributed by atoms with van der Waals surface area (Å²) >= 11 is 6.74. The Bertz CT molecular complexity index is 1400. The molecule has 1 saturated carbocycles. The zero-order valence-electron chi connectivity index (χ0n) is 22.1. The topological polar surface area (TPSA) is 94.1 Å². The molecular formula is C30H28ClF3N2O5. The largest absolute Gasteiger partial charge is 0.493 e. The Hall–Kier alpha value is -3.66. The van der Waals surface area contributed by atoms with Crippen LogP contribution in [0, 0.1) is 10.8 Å². The van der Waals surface area contributed by atoms with E-state index in [2.05, 4.69) is 10.5 Å². The Kier molecular flexibility index (Phi) is 7.96. The Morgan fingerprint density at radius 1 is 1.12 bits per heavy atom. The predicted octanol–water partition coefficient (Wildman–Crippen LogP) is 6.67. The average Bonchev–Trinajstić information content (AvgIpc) is 3.41. The van der Waals surface area contributed by atoms with Gasteiger partial charge in [0.1, 0.15) is 22.5 Å². The van der Waals surface area contributed by atoms with Crippen LogP contribution in [0.25, 0.3) is 0 Å². The van der Waals surface area contributed by atoms with E-state index in [-0.39, 0.29) is 24.5 Å². The number of hydrogen-bond acceptors (Lipinski definition) is 5. The van der Waals surface area contributed by atoms with Crippen molar-refractivity contribution in [3.8, 4) is 5.75 Å². The fourth-order valence-corrected chi connectivity index (χ4v) is 5.88. The van der Waals surface area contributed by atoms with E-state index in [1.54, 1.807) is 49.4 Å². The number of amides is 2. The van der Waals surface area contributed by atoms with Gasteiger partial charge in [-0.25, -0.2) is 0 Å². The molecular weight excluding hydrogens is 561 g/mol. The molecule has 2 aliphatic carbocycles. The number of alkyl halides is 4. The van der Waals surface area contributed by atoms with Gasteiger partial charge in [0.15, 0.2) is 0 Å². The zero-order chi connectivity index (χ0) is 29.4. The van der Waals surface area contributed by atoms with Gasteiger partial charge in [0, 0.05) is 28.4 Å². The highest BCUT2D eigenvalue weighted by Crippen LogP contribution is 2.41. The number of benzene rings is 2. The predicted molar refractivity (Wildman–Crippen MR) is 145 cm³/mol. The Balaban J connectivity index is 1.20. The third-order valence-corrected chi connectivity index (χ3v) is 8.17. The van der Waals surface area contributed by atoms with Crippen LogP contribution in [0.5, 0.6) is 5.75 Å². The lowest BCUT2D eigenvalue weighted by Crippen LogP contribution is -2.41. The van der Waals surface area contributed by atoms with Gasteiger partial charge < -0.3 is 14.8 Å². The number of ether oxygens (including phenoxy) is 2. The summed E-state index contributed by atoms with van der Waals surface area (Å²) in [5.74, 6) is -0.929. The van der Waals surface area contributed by atoms with Gasteiger partial charge in [-0.1, -0.05) is 24.3 Å². The van der Waals surface area contributed by atoms with Gasteiger partial charge in [0.05, 0.1) is 18.1 Å². The van der Waals surface area contributed by atoms with Crippen molar-refractivity contribution in [2.45, 2.75) is 61.7 Å². The second kappa shape index (κ2) is 11.3. The van der Waals surface area contributed by atoms with Gasteiger partial charge in [0.25, 0.3) is 11.8 Å². The van der Waals surface area contributed by atoms with Crippen LogP contribution in [0.4, 0.5) is 13.2 Å².